The first-order valence-corrected chi connectivity index (χ1v) is 20.1. The van der Waals surface area contributed by atoms with E-state index in [0.717, 1.165) is 96.9 Å². The van der Waals surface area contributed by atoms with Crippen LogP contribution in [-0.4, -0.2) is 63.8 Å². The number of carbonyl (C=O) groups is 2. The highest BCUT2D eigenvalue weighted by Crippen LogP contribution is 2.43. The molecule has 290 valence electrons. The zero-order chi connectivity index (χ0) is 37.6. The molecule has 8 nitrogen and oxygen atoms in total. The molecule has 0 aromatic heterocycles. The summed E-state index contributed by atoms with van der Waals surface area (Å²) in [4.78, 5) is 25.7. The predicted molar refractivity (Wildman–Crippen MR) is 211 cm³/mol. The van der Waals surface area contributed by atoms with Crippen LogP contribution in [0.15, 0.2) is 36.4 Å². The van der Waals surface area contributed by atoms with E-state index in [1.165, 1.54) is 12.8 Å². The van der Waals surface area contributed by atoms with Gasteiger partial charge in [-0.2, -0.15) is 0 Å². The third-order valence-electron chi connectivity index (χ3n) is 9.03. The number of fused-ring (bicyclic) bond motifs is 2. The van der Waals surface area contributed by atoms with Gasteiger partial charge in [-0.1, -0.05) is 114 Å². The van der Waals surface area contributed by atoms with E-state index in [9.17, 15) is 9.59 Å². The molecule has 2 atom stereocenters. The van der Waals surface area contributed by atoms with Gasteiger partial charge in [-0.15, -0.1) is 0 Å². The van der Waals surface area contributed by atoms with E-state index in [2.05, 4.69) is 77.9 Å². The molecule has 0 spiro atoms. The summed E-state index contributed by atoms with van der Waals surface area (Å²) in [5, 5.41) is 3.56. The van der Waals surface area contributed by atoms with Gasteiger partial charge in [-0.05, 0) is 51.7 Å². The van der Waals surface area contributed by atoms with Crippen LogP contribution in [0, 0.1) is 13.8 Å². The molecule has 0 saturated carbocycles. The monoisotopic (exact) mass is 722 g/mol. The minimum atomic E-state index is -0.545. The number of hydrogen-bond acceptors (Lipinski definition) is 8. The highest BCUT2D eigenvalue weighted by Gasteiger charge is 2.23. The summed E-state index contributed by atoms with van der Waals surface area (Å²) < 4.78 is 36.8. The second kappa shape index (κ2) is 24.8. The summed E-state index contributed by atoms with van der Waals surface area (Å²) in [7, 11) is 0. The van der Waals surface area contributed by atoms with E-state index in [0.29, 0.717) is 37.6 Å². The van der Waals surface area contributed by atoms with E-state index >= 15 is 0 Å². The Morgan fingerprint density at radius 1 is 0.500 bits per heavy atom. The molecular weight excluding hydrogens is 656 g/mol. The number of unbranched alkanes of at least 4 members (excludes halogenated alkanes) is 8. The molecule has 0 saturated heterocycles. The zero-order valence-corrected chi connectivity index (χ0v) is 33.0. The van der Waals surface area contributed by atoms with Gasteiger partial charge in [-0.25, -0.2) is 0 Å². The molecule has 3 rings (SSSR count). The van der Waals surface area contributed by atoms with Crippen molar-refractivity contribution in [3.63, 3.8) is 0 Å². The second-order valence-electron chi connectivity index (χ2n) is 14.1. The topological polar surface area (TPSA) is 89.5 Å². The SMILES string of the molecule is CCCCCCCC(=O)OC(COCCC)COc1c2ccc(C)cc2c(OCC(COCCC)OC(=O)CCCCCCC)c2ccc(C)cc12. The molecule has 0 aliphatic rings. The van der Waals surface area contributed by atoms with Gasteiger partial charge in [0.05, 0.1) is 13.2 Å². The quantitative estimate of drug-likeness (QED) is 0.0416. The average Bonchev–Trinajstić information content (AvgIpc) is 3.12. The summed E-state index contributed by atoms with van der Waals surface area (Å²) in [6.07, 6.45) is 12.1. The average molecular weight is 723 g/mol. The molecule has 0 N–H and O–H groups in total. The van der Waals surface area contributed by atoms with Crippen molar-refractivity contribution >= 4 is 33.5 Å². The van der Waals surface area contributed by atoms with Crippen LogP contribution in [-0.2, 0) is 28.5 Å². The van der Waals surface area contributed by atoms with Crippen LogP contribution >= 0.6 is 0 Å². The fourth-order valence-electron chi connectivity index (χ4n) is 6.23. The van der Waals surface area contributed by atoms with Crippen LogP contribution in [0.4, 0.5) is 0 Å². The van der Waals surface area contributed by atoms with Crippen molar-refractivity contribution in [1.29, 1.82) is 0 Å². The molecule has 0 amide bonds. The normalized spacial score (nSPS) is 12.6. The Labute approximate surface area is 313 Å². The number of ether oxygens (including phenoxy) is 6. The van der Waals surface area contributed by atoms with Crippen molar-refractivity contribution in [3.05, 3.63) is 47.5 Å². The lowest BCUT2D eigenvalue weighted by molar-refractivity contribution is -0.155. The lowest BCUT2D eigenvalue weighted by Crippen LogP contribution is -2.30. The number of hydrogen-bond donors (Lipinski definition) is 0. The lowest BCUT2D eigenvalue weighted by atomic mass is 9.97. The first kappa shape index (κ1) is 43.0. The molecule has 0 heterocycles. The van der Waals surface area contributed by atoms with Crippen LogP contribution < -0.4 is 9.47 Å². The first-order chi connectivity index (χ1) is 25.3. The van der Waals surface area contributed by atoms with Gasteiger partial charge in [0.15, 0.2) is 12.2 Å². The van der Waals surface area contributed by atoms with Crippen molar-refractivity contribution in [2.75, 3.05) is 39.6 Å². The van der Waals surface area contributed by atoms with Crippen LogP contribution in [0.25, 0.3) is 21.5 Å². The summed E-state index contributed by atoms with van der Waals surface area (Å²) in [6, 6.07) is 12.4. The number of benzene rings is 3. The Kier molecular flexibility index (Phi) is 20.5. The molecule has 0 fully saturated rings. The van der Waals surface area contributed by atoms with E-state index < -0.39 is 12.2 Å². The fourth-order valence-corrected chi connectivity index (χ4v) is 6.23. The van der Waals surface area contributed by atoms with E-state index in [4.69, 9.17) is 28.4 Å². The van der Waals surface area contributed by atoms with Crippen LogP contribution in [0.1, 0.15) is 129 Å². The van der Waals surface area contributed by atoms with Gasteiger partial charge >= 0.3 is 11.9 Å². The van der Waals surface area contributed by atoms with Crippen molar-refractivity contribution in [3.8, 4) is 11.5 Å². The Hall–Kier alpha value is -3.36. The maximum Gasteiger partial charge on any atom is 0.306 e. The Balaban J connectivity index is 1.88. The molecule has 0 aliphatic carbocycles. The Morgan fingerprint density at radius 2 is 0.904 bits per heavy atom. The highest BCUT2D eigenvalue weighted by molar-refractivity contribution is 6.11. The zero-order valence-electron chi connectivity index (χ0n) is 33.0. The number of carbonyl (C=O) groups excluding carboxylic acids is 2. The highest BCUT2D eigenvalue weighted by atomic mass is 16.6. The smallest absolute Gasteiger partial charge is 0.306 e. The van der Waals surface area contributed by atoms with Gasteiger partial charge < -0.3 is 28.4 Å². The summed E-state index contributed by atoms with van der Waals surface area (Å²) in [5.41, 5.74) is 2.15. The third kappa shape index (κ3) is 14.9. The standard InChI is InChI=1S/C44H66O8/c1-7-11-13-15-17-19-41(45)51-35(29-47-25-9-3)31-49-43-37-23-21-34(6)28-40(37)44(38-24-22-33(5)27-39(38)43)50-32-36(30-48-26-10-4)52-42(46)20-18-16-14-12-8-2/h21-24,27-28,35-36H,7-20,25-26,29-32H2,1-6H3. The maximum absolute atomic E-state index is 12.9. The maximum atomic E-state index is 12.9. The minimum Gasteiger partial charge on any atom is -0.488 e. The molecule has 3 aromatic carbocycles. The van der Waals surface area contributed by atoms with Gasteiger partial charge in [0.25, 0.3) is 0 Å². The third-order valence-corrected chi connectivity index (χ3v) is 9.03. The van der Waals surface area contributed by atoms with Crippen molar-refractivity contribution in [2.24, 2.45) is 0 Å². The van der Waals surface area contributed by atoms with Gasteiger partial charge in [0, 0.05) is 47.6 Å². The lowest BCUT2D eigenvalue weighted by Gasteiger charge is -2.23. The van der Waals surface area contributed by atoms with E-state index in [-0.39, 0.29) is 38.4 Å². The van der Waals surface area contributed by atoms with Crippen molar-refractivity contribution in [2.45, 2.75) is 144 Å². The summed E-state index contributed by atoms with van der Waals surface area (Å²) in [6.45, 7) is 14.6. The Bertz CT molecular complexity index is 1370. The van der Waals surface area contributed by atoms with E-state index in [1.807, 2.05) is 0 Å². The molecule has 0 radical (unpaired) electrons. The molecule has 8 heteroatoms. The Morgan fingerprint density at radius 3 is 1.29 bits per heavy atom. The van der Waals surface area contributed by atoms with Crippen LogP contribution in [0.3, 0.4) is 0 Å². The molecule has 52 heavy (non-hydrogen) atoms. The largest absolute Gasteiger partial charge is 0.488 e. The fraction of sp³-hybridized carbons (Fsp3) is 0.636. The first-order valence-electron chi connectivity index (χ1n) is 20.1. The molecule has 3 aromatic rings. The van der Waals surface area contributed by atoms with Gasteiger partial charge in [0.1, 0.15) is 24.7 Å². The van der Waals surface area contributed by atoms with Gasteiger partial charge in [0.2, 0.25) is 0 Å². The number of rotatable bonds is 28. The van der Waals surface area contributed by atoms with Crippen molar-refractivity contribution in [1.82, 2.24) is 0 Å². The molecular formula is C44H66O8. The molecule has 0 bridgehead atoms. The van der Waals surface area contributed by atoms with Crippen LogP contribution in [0.5, 0.6) is 11.5 Å². The summed E-state index contributed by atoms with van der Waals surface area (Å²) in [5.74, 6) is 0.971. The minimum absolute atomic E-state index is 0.156. The second-order valence-corrected chi connectivity index (χ2v) is 14.1. The van der Waals surface area contributed by atoms with Crippen LogP contribution in [0.2, 0.25) is 0 Å². The van der Waals surface area contributed by atoms with Crippen molar-refractivity contribution < 1.29 is 38.0 Å². The predicted octanol–water partition coefficient (Wildman–Crippen LogP) is 10.8. The van der Waals surface area contributed by atoms with E-state index in [1.54, 1.807) is 0 Å². The summed E-state index contributed by atoms with van der Waals surface area (Å²) >= 11 is 0. The number of aryl methyl sites for hydroxylation is 2. The number of esters is 2. The molecule has 0 aliphatic heterocycles. The molecule has 2 unspecified atom stereocenters. The van der Waals surface area contributed by atoms with Gasteiger partial charge in [-0.3, -0.25) is 9.59 Å².